The largest absolute Gasteiger partial charge is 0.469 e. The molecule has 6 amide bonds. The zero-order valence-corrected chi connectivity index (χ0v) is 58.5. The molecule has 0 aliphatic rings. The number of phosphoric acid groups is 2. The minimum absolute atomic E-state index is 0.00115. The Kier molecular flexibility index (Phi) is 52.0. The maximum Gasteiger partial charge on any atom is 0.469 e. The van der Waals surface area contributed by atoms with E-state index in [2.05, 4.69) is 40.9 Å². The number of ether oxygens (including phenoxy) is 7. The quantitative estimate of drug-likeness (QED) is 0.0154. The molecule has 0 radical (unpaired) electrons. The molecule has 0 aromatic carbocycles. The van der Waals surface area contributed by atoms with Crippen molar-refractivity contribution < 1.29 is 156 Å². The van der Waals surface area contributed by atoms with Gasteiger partial charge in [-0.05, 0) is 64.7 Å². The number of unbranched alkanes of at least 4 members (excludes halogenated alkanes) is 3. The minimum atomic E-state index is -4.84. The van der Waals surface area contributed by atoms with Crippen molar-refractivity contribution in [3.8, 4) is 0 Å². The lowest BCUT2D eigenvalue weighted by Crippen LogP contribution is -2.49. The average molecular weight is 1470 g/mol. The Labute approximate surface area is 571 Å². The molecule has 0 aromatic rings. The highest BCUT2D eigenvalue weighted by molar-refractivity contribution is 7.46. The van der Waals surface area contributed by atoms with Crippen LogP contribution in [-0.2, 0) is 80.1 Å². The smallest absolute Gasteiger partial charge is 0.391 e. The Morgan fingerprint density at radius 1 is 0.367 bits per heavy atom. The second-order valence-corrected chi connectivity index (χ2v) is 26.4. The standard InChI is InChI=1S/C58H114N6O32P2/c1-38(33-95-97(82,83)84)47(72)50(75)53(78)56(81)93-28-10-7-16-42(67)60-22-13-25-63-45(70)19-31-90-36-58(4,35-89-30-18-44(69)62-24-12-21-59-41(66)15-6-9-27-92-55(80)52(77)49(74)40(3)65)37-91-32-20-46(71)64-26-14-23-61-43(68)17-8-11-29-94-57(88-5)54(79)51(76)48(73)39(2)34-96-98(85,86)87/h38-40,47-57,65,72-81H,6-37H2,1-5H3,(H,59,66)(H,60,67)(H,61,68)(H,62,69)(H,63,70)(H,64,71)(H2,82,83,84)(H2,85,86,87). The molecule has 0 bridgehead atoms. The van der Waals surface area contributed by atoms with Gasteiger partial charge in [-0.15, -0.1) is 0 Å². The topological polar surface area (TPSA) is 595 Å². The summed E-state index contributed by atoms with van der Waals surface area (Å²) in [6, 6.07) is 0. The van der Waals surface area contributed by atoms with Crippen molar-refractivity contribution in [2.75, 3.05) is 119 Å². The number of phosphoric ester groups is 2. The first-order chi connectivity index (χ1) is 46.0. The fraction of sp³-hybridized carbons (Fsp3) is 0.897. The van der Waals surface area contributed by atoms with Crippen LogP contribution in [0, 0.1) is 17.3 Å². The van der Waals surface area contributed by atoms with Gasteiger partial charge < -0.3 is 141 Å². The van der Waals surface area contributed by atoms with Gasteiger partial charge in [0, 0.05) is 122 Å². The van der Waals surface area contributed by atoms with Crippen LogP contribution in [0.25, 0.3) is 0 Å². The van der Waals surface area contributed by atoms with Crippen LogP contribution < -0.4 is 31.9 Å². The molecule has 0 saturated heterocycles. The van der Waals surface area contributed by atoms with E-state index >= 15 is 0 Å². The van der Waals surface area contributed by atoms with Crippen molar-refractivity contribution in [2.45, 2.75) is 198 Å². The highest BCUT2D eigenvalue weighted by atomic mass is 31.2. The molecule has 15 atom stereocenters. The molecule has 0 aromatic heterocycles. The summed E-state index contributed by atoms with van der Waals surface area (Å²) in [6.45, 7) is 6.07. The molecule has 578 valence electrons. The first-order valence-corrected chi connectivity index (χ1v) is 35.7. The molecule has 38 nitrogen and oxygen atoms in total. The number of carbonyl (C=O) groups is 6. The molecular formula is C58H114N6O32P2. The molecule has 0 fully saturated rings. The second-order valence-electron chi connectivity index (χ2n) is 23.9. The zero-order chi connectivity index (χ0) is 74.3. The van der Waals surface area contributed by atoms with Crippen LogP contribution in [0.4, 0.5) is 0 Å². The molecule has 0 spiro atoms. The molecule has 98 heavy (non-hydrogen) atoms. The van der Waals surface area contributed by atoms with E-state index in [1.165, 1.54) is 27.9 Å². The predicted molar refractivity (Wildman–Crippen MR) is 343 cm³/mol. The molecule has 0 saturated carbocycles. The van der Waals surface area contributed by atoms with E-state index in [-0.39, 0.29) is 179 Å². The van der Waals surface area contributed by atoms with Crippen molar-refractivity contribution in [1.29, 1.82) is 0 Å². The number of amides is 6. The van der Waals surface area contributed by atoms with E-state index in [1.807, 2.05) is 0 Å². The minimum Gasteiger partial charge on any atom is -0.391 e. The first kappa shape index (κ1) is 94.3. The van der Waals surface area contributed by atoms with Crippen LogP contribution in [0.5, 0.6) is 0 Å². The van der Waals surface area contributed by atoms with Gasteiger partial charge >= 0.3 is 15.6 Å². The number of hydrogen-bond donors (Lipinski definition) is 21. The summed E-state index contributed by atoms with van der Waals surface area (Å²) in [5.41, 5.74) is -0.815. The SMILES string of the molecule is COC(OCCCCC(=O)NCCCNC(=O)CCOCC(C)(COCCC(=O)NCCCNC(=O)CCCCOC(O)C(O)C(O)C(C)O)COCCC(=O)NCCCNC(=O)CCCCOC(O)C(O)C(O)C(O)C(C)COP(=O)(O)O)C(O)C(O)C(O)C(C)COP(=O)(O)O. The Balaban J connectivity index is 4.91. The fourth-order valence-corrected chi connectivity index (χ4v) is 9.36. The molecule has 15 unspecified atom stereocenters. The molecule has 40 heteroatoms. The summed E-state index contributed by atoms with van der Waals surface area (Å²) in [4.78, 5) is 110. The van der Waals surface area contributed by atoms with Crippen molar-refractivity contribution in [1.82, 2.24) is 31.9 Å². The summed E-state index contributed by atoms with van der Waals surface area (Å²) < 4.78 is 68.8. The Morgan fingerprint density at radius 3 is 0.949 bits per heavy atom. The van der Waals surface area contributed by atoms with E-state index in [9.17, 15) is 94.1 Å². The lowest BCUT2D eigenvalue weighted by molar-refractivity contribution is -0.219. The molecule has 0 rings (SSSR count). The maximum atomic E-state index is 12.6. The van der Waals surface area contributed by atoms with Gasteiger partial charge in [-0.3, -0.25) is 37.8 Å². The van der Waals surface area contributed by atoms with Crippen molar-refractivity contribution >= 4 is 51.1 Å². The Morgan fingerprint density at radius 2 is 0.653 bits per heavy atom. The van der Waals surface area contributed by atoms with Gasteiger partial charge in [0.25, 0.3) is 0 Å². The lowest BCUT2D eigenvalue weighted by Gasteiger charge is -2.31. The Hall–Kier alpha value is -3.68. The van der Waals surface area contributed by atoms with Gasteiger partial charge in [0.2, 0.25) is 35.4 Å². The number of aliphatic hydroxyl groups is 11. The van der Waals surface area contributed by atoms with E-state index in [1.54, 1.807) is 6.92 Å². The molecular weight excluding hydrogens is 1350 g/mol. The van der Waals surface area contributed by atoms with E-state index in [0.717, 1.165) is 0 Å². The van der Waals surface area contributed by atoms with Gasteiger partial charge in [-0.1, -0.05) is 20.8 Å². The van der Waals surface area contributed by atoms with E-state index < -0.39 is 120 Å². The average Bonchev–Trinajstić information content (AvgIpc) is 0.944. The van der Waals surface area contributed by atoms with Crippen molar-refractivity contribution in [3.63, 3.8) is 0 Å². The number of nitrogens with one attached hydrogen (secondary N) is 6. The number of methoxy groups -OCH3 is 1. The van der Waals surface area contributed by atoms with Crippen LogP contribution in [0.1, 0.15) is 124 Å². The maximum absolute atomic E-state index is 12.6. The van der Waals surface area contributed by atoms with Crippen LogP contribution in [0.2, 0.25) is 0 Å². The number of rotatable bonds is 63. The summed E-state index contributed by atoms with van der Waals surface area (Å²) in [5.74, 6) is -3.76. The predicted octanol–water partition coefficient (Wildman–Crippen LogP) is -4.99. The van der Waals surface area contributed by atoms with Gasteiger partial charge in [0.1, 0.15) is 36.6 Å². The monoisotopic (exact) mass is 1470 g/mol. The highest BCUT2D eigenvalue weighted by Crippen LogP contribution is 2.37. The van der Waals surface area contributed by atoms with Crippen LogP contribution in [-0.4, -0.2) is 304 Å². The molecule has 21 N–H and O–H groups in total. The Bertz CT molecular complexity index is 2270. The first-order valence-electron chi connectivity index (χ1n) is 32.6. The fourth-order valence-electron chi connectivity index (χ4n) is 8.50. The third kappa shape index (κ3) is 48.2. The normalized spacial score (nSPS) is 17.1. The highest BCUT2D eigenvalue weighted by Gasteiger charge is 2.37. The van der Waals surface area contributed by atoms with Gasteiger partial charge in [-0.25, -0.2) is 9.13 Å². The summed E-state index contributed by atoms with van der Waals surface area (Å²) >= 11 is 0. The van der Waals surface area contributed by atoms with Crippen molar-refractivity contribution in [2.24, 2.45) is 17.3 Å². The number of aliphatic hydroxyl groups excluding tert-OH is 11. The van der Waals surface area contributed by atoms with Crippen LogP contribution >= 0.6 is 15.6 Å². The molecule has 0 heterocycles. The number of hydrogen-bond acceptors (Lipinski definition) is 28. The lowest BCUT2D eigenvalue weighted by atomic mass is 9.94. The van der Waals surface area contributed by atoms with Gasteiger partial charge in [0.15, 0.2) is 18.9 Å². The van der Waals surface area contributed by atoms with Gasteiger partial charge in [0.05, 0.1) is 71.2 Å². The third-order valence-corrected chi connectivity index (χ3v) is 15.5. The third-order valence-electron chi connectivity index (χ3n) is 14.5. The van der Waals surface area contributed by atoms with E-state index in [0.29, 0.717) is 51.4 Å². The van der Waals surface area contributed by atoms with Crippen molar-refractivity contribution in [3.05, 3.63) is 0 Å². The summed E-state index contributed by atoms with van der Waals surface area (Å²) in [5, 5.41) is 127. The van der Waals surface area contributed by atoms with Gasteiger partial charge in [-0.2, -0.15) is 0 Å². The van der Waals surface area contributed by atoms with Crippen LogP contribution in [0.3, 0.4) is 0 Å². The second kappa shape index (κ2) is 54.0. The van der Waals surface area contributed by atoms with Crippen LogP contribution in [0.15, 0.2) is 0 Å². The van der Waals surface area contributed by atoms with E-state index in [4.69, 9.17) is 52.7 Å². The summed E-state index contributed by atoms with van der Waals surface area (Å²) in [6.07, 6.45) is -16.7. The molecule has 0 aliphatic carbocycles. The summed E-state index contributed by atoms with van der Waals surface area (Å²) in [7, 11) is -8.47. The molecule has 0 aliphatic heterocycles. The number of carbonyl (C=O) groups excluding carboxylic acids is 6. The zero-order valence-electron chi connectivity index (χ0n) is 56.8.